The Bertz CT molecular complexity index is 541. The summed E-state index contributed by atoms with van der Waals surface area (Å²) in [5, 5.41) is 2.52. The van der Waals surface area contributed by atoms with Gasteiger partial charge in [-0.25, -0.2) is 9.95 Å². The number of methoxy groups -OCH3 is 2. The molecule has 1 aromatic heterocycles. The molecule has 2 rings (SSSR count). The van der Waals surface area contributed by atoms with Crippen LogP contribution in [0.5, 0.6) is 11.5 Å². The molecule has 5 heteroatoms. The molecule has 0 saturated carbocycles. The van der Waals surface area contributed by atoms with Gasteiger partial charge in [0.1, 0.15) is 0 Å². The quantitative estimate of drug-likeness (QED) is 0.855. The van der Waals surface area contributed by atoms with Crippen LogP contribution in [0.25, 0.3) is 11.3 Å². The minimum atomic E-state index is -0.431. The highest BCUT2D eigenvalue weighted by atomic mass is 16.5. The highest BCUT2D eigenvalue weighted by Crippen LogP contribution is 2.36. The predicted octanol–water partition coefficient (Wildman–Crippen LogP) is 1.65. The number of benzene rings is 1. The second-order valence-electron chi connectivity index (χ2n) is 3.12. The molecule has 0 atom stereocenters. The first-order valence-electron chi connectivity index (χ1n) is 4.66. The van der Waals surface area contributed by atoms with Crippen LogP contribution < -0.4 is 15.1 Å². The lowest BCUT2D eigenvalue weighted by Gasteiger charge is -2.10. The molecule has 0 saturated heterocycles. The lowest BCUT2D eigenvalue weighted by Crippen LogP contribution is -1.93. The number of aromatic nitrogens is 1. The lowest BCUT2D eigenvalue weighted by atomic mass is 10.1. The molecule has 2 aromatic rings. The molecule has 0 unspecified atom stereocenters. The number of rotatable bonds is 3. The average Bonchev–Trinajstić information content (AvgIpc) is 2.74. The van der Waals surface area contributed by atoms with Crippen LogP contribution in [0.4, 0.5) is 0 Å². The third-order valence-corrected chi connectivity index (χ3v) is 2.22. The topological polar surface area (TPSA) is 64.5 Å². The minimum absolute atomic E-state index is 0.431. The molecule has 0 radical (unpaired) electrons. The summed E-state index contributed by atoms with van der Waals surface area (Å²) < 4.78 is 15.0. The average molecular weight is 221 g/mol. The largest absolute Gasteiger partial charge is 0.493 e. The van der Waals surface area contributed by atoms with Gasteiger partial charge in [0.05, 0.1) is 26.0 Å². The molecule has 84 valence electrons. The Morgan fingerprint density at radius 1 is 1.25 bits per heavy atom. The zero-order valence-corrected chi connectivity index (χ0v) is 8.94. The van der Waals surface area contributed by atoms with Crippen molar-refractivity contribution in [3.05, 3.63) is 34.7 Å². The van der Waals surface area contributed by atoms with Crippen molar-refractivity contribution < 1.29 is 14.0 Å². The molecule has 0 spiro atoms. The number of ether oxygens (including phenoxy) is 2. The molecule has 0 aliphatic carbocycles. The summed E-state index contributed by atoms with van der Waals surface area (Å²) in [4.78, 5) is 10.9. The third kappa shape index (κ3) is 1.67. The van der Waals surface area contributed by atoms with Crippen LogP contribution >= 0.6 is 0 Å². The van der Waals surface area contributed by atoms with Gasteiger partial charge in [-0.1, -0.05) is 6.07 Å². The Morgan fingerprint density at radius 2 is 2.06 bits per heavy atom. The molecule has 0 bridgehead atoms. The Balaban J connectivity index is 2.60. The first-order valence-corrected chi connectivity index (χ1v) is 4.66. The van der Waals surface area contributed by atoms with Gasteiger partial charge in [-0.15, -0.1) is 0 Å². The lowest BCUT2D eigenvalue weighted by molar-refractivity contribution is 0.355. The van der Waals surface area contributed by atoms with Crippen LogP contribution in [0.1, 0.15) is 0 Å². The summed E-state index contributed by atoms with van der Waals surface area (Å²) in [6.07, 6.45) is 0. The molecule has 16 heavy (non-hydrogen) atoms. The van der Waals surface area contributed by atoms with Crippen LogP contribution in [-0.2, 0) is 0 Å². The molecule has 1 N–H and O–H groups in total. The van der Waals surface area contributed by atoms with E-state index in [0.29, 0.717) is 22.8 Å². The van der Waals surface area contributed by atoms with E-state index < -0.39 is 5.63 Å². The number of para-hydroxylation sites is 1. The van der Waals surface area contributed by atoms with Crippen LogP contribution in [0.15, 0.2) is 33.6 Å². The fraction of sp³-hybridized carbons (Fsp3) is 0.182. The van der Waals surface area contributed by atoms with E-state index in [1.165, 1.54) is 6.07 Å². The minimum Gasteiger partial charge on any atom is -0.493 e. The maximum atomic E-state index is 10.9. The fourth-order valence-electron chi connectivity index (χ4n) is 1.51. The fourth-order valence-corrected chi connectivity index (χ4v) is 1.51. The van der Waals surface area contributed by atoms with Crippen molar-refractivity contribution >= 4 is 0 Å². The summed E-state index contributed by atoms with van der Waals surface area (Å²) in [5.74, 6) is 1.16. The van der Waals surface area contributed by atoms with E-state index in [-0.39, 0.29) is 0 Å². The molecule has 1 heterocycles. The zero-order valence-electron chi connectivity index (χ0n) is 8.94. The monoisotopic (exact) mass is 221 g/mol. The smallest absolute Gasteiger partial charge is 0.357 e. The number of H-pyrrole nitrogens is 1. The van der Waals surface area contributed by atoms with Crippen LogP contribution in [0, 0.1) is 0 Å². The van der Waals surface area contributed by atoms with E-state index in [1.54, 1.807) is 20.3 Å². The van der Waals surface area contributed by atoms with Crippen LogP contribution in [-0.4, -0.2) is 19.4 Å². The molecule has 0 fully saturated rings. The Hall–Kier alpha value is -2.17. The van der Waals surface area contributed by atoms with Crippen molar-refractivity contribution in [3.63, 3.8) is 0 Å². The first-order chi connectivity index (χ1) is 7.76. The van der Waals surface area contributed by atoms with Crippen molar-refractivity contribution in [2.45, 2.75) is 0 Å². The standard InChI is InChI=1S/C11H11NO4/c1-14-9-5-3-4-7(11(9)15-2)8-6-10(13)16-12-8/h3-6,12H,1-2H3. The summed E-state index contributed by atoms with van der Waals surface area (Å²) in [5.41, 5.74) is 0.841. The van der Waals surface area contributed by atoms with Gasteiger partial charge in [0.15, 0.2) is 11.5 Å². The molecular formula is C11H11NO4. The Kier molecular flexibility index (Phi) is 2.68. The maximum Gasteiger partial charge on any atom is 0.357 e. The van der Waals surface area contributed by atoms with Gasteiger partial charge in [-0.2, -0.15) is 0 Å². The predicted molar refractivity (Wildman–Crippen MR) is 57.9 cm³/mol. The highest BCUT2D eigenvalue weighted by molar-refractivity contribution is 5.70. The summed E-state index contributed by atoms with van der Waals surface area (Å²) in [6.45, 7) is 0. The van der Waals surface area contributed by atoms with E-state index in [4.69, 9.17) is 9.47 Å². The van der Waals surface area contributed by atoms with Crippen LogP contribution in [0.2, 0.25) is 0 Å². The molecule has 1 aromatic carbocycles. The number of hydrogen-bond donors (Lipinski definition) is 1. The van der Waals surface area contributed by atoms with Gasteiger partial charge >= 0.3 is 5.63 Å². The second kappa shape index (κ2) is 4.14. The third-order valence-electron chi connectivity index (χ3n) is 2.22. The highest BCUT2D eigenvalue weighted by Gasteiger charge is 2.13. The molecule has 0 amide bonds. The van der Waals surface area contributed by atoms with Crippen molar-refractivity contribution in [1.82, 2.24) is 5.16 Å². The SMILES string of the molecule is COc1cccc(-c2cc(=O)o[nH]2)c1OC. The van der Waals surface area contributed by atoms with Gasteiger partial charge in [0, 0.05) is 5.56 Å². The van der Waals surface area contributed by atoms with Crippen LogP contribution in [0.3, 0.4) is 0 Å². The van der Waals surface area contributed by atoms with Gasteiger partial charge < -0.3 is 14.0 Å². The van der Waals surface area contributed by atoms with E-state index >= 15 is 0 Å². The van der Waals surface area contributed by atoms with E-state index in [2.05, 4.69) is 9.68 Å². The molecule has 0 aliphatic heterocycles. The number of aromatic amines is 1. The molecule has 0 aliphatic rings. The maximum absolute atomic E-state index is 10.9. The molecule has 5 nitrogen and oxygen atoms in total. The van der Waals surface area contributed by atoms with E-state index in [0.717, 1.165) is 0 Å². The zero-order chi connectivity index (χ0) is 11.5. The van der Waals surface area contributed by atoms with Gasteiger partial charge in [-0.3, -0.25) is 0 Å². The van der Waals surface area contributed by atoms with Gasteiger partial charge in [0.2, 0.25) is 0 Å². The summed E-state index contributed by atoms with van der Waals surface area (Å²) in [6, 6.07) is 6.75. The van der Waals surface area contributed by atoms with Crippen molar-refractivity contribution in [1.29, 1.82) is 0 Å². The summed E-state index contributed by atoms with van der Waals surface area (Å²) in [7, 11) is 3.10. The van der Waals surface area contributed by atoms with Crippen molar-refractivity contribution in [2.24, 2.45) is 0 Å². The van der Waals surface area contributed by atoms with Crippen molar-refractivity contribution in [2.75, 3.05) is 14.2 Å². The number of nitrogens with one attached hydrogen (secondary N) is 1. The summed E-state index contributed by atoms with van der Waals surface area (Å²) >= 11 is 0. The number of hydrogen-bond acceptors (Lipinski definition) is 4. The first kappa shape index (κ1) is 10.4. The van der Waals surface area contributed by atoms with E-state index in [9.17, 15) is 4.79 Å². The van der Waals surface area contributed by atoms with Gasteiger partial charge in [-0.05, 0) is 12.1 Å². The second-order valence-corrected chi connectivity index (χ2v) is 3.12. The van der Waals surface area contributed by atoms with Crippen molar-refractivity contribution in [3.8, 4) is 22.8 Å². The Labute approximate surface area is 91.6 Å². The normalized spacial score (nSPS) is 10.1. The van der Waals surface area contributed by atoms with Gasteiger partial charge in [0.25, 0.3) is 0 Å². The Morgan fingerprint density at radius 3 is 2.62 bits per heavy atom. The molecular weight excluding hydrogens is 210 g/mol. The van der Waals surface area contributed by atoms with E-state index in [1.807, 2.05) is 12.1 Å².